The van der Waals surface area contributed by atoms with Crippen molar-refractivity contribution in [2.45, 2.75) is 19.5 Å². The van der Waals surface area contributed by atoms with Gasteiger partial charge >= 0.3 is 5.95 Å². The molecule has 19 heavy (non-hydrogen) atoms. The average Bonchev–Trinajstić information content (AvgIpc) is 3.03. The van der Waals surface area contributed by atoms with Gasteiger partial charge in [-0.15, -0.1) is 0 Å². The molecule has 2 aromatic heterocycles. The van der Waals surface area contributed by atoms with Crippen LogP contribution in [0, 0.1) is 0 Å². The zero-order valence-corrected chi connectivity index (χ0v) is 10.8. The second kappa shape index (κ2) is 4.08. The number of azo groups is 1. The van der Waals surface area contributed by atoms with E-state index in [0.29, 0.717) is 19.0 Å². The maximum Gasteiger partial charge on any atom is 0.421 e. The molecule has 3 rings (SSSR count). The van der Waals surface area contributed by atoms with E-state index in [1.54, 1.807) is 13.8 Å². The van der Waals surface area contributed by atoms with E-state index >= 15 is 0 Å². The van der Waals surface area contributed by atoms with Crippen molar-refractivity contribution in [3.8, 4) is 5.88 Å². The first-order valence-corrected chi connectivity index (χ1v) is 6.05. The Balaban J connectivity index is 2.04. The van der Waals surface area contributed by atoms with Gasteiger partial charge in [-0.05, 0) is 6.42 Å². The van der Waals surface area contributed by atoms with Gasteiger partial charge in [-0.2, -0.15) is 0 Å². The molecule has 8 nitrogen and oxygen atoms in total. The first-order valence-electron chi connectivity index (χ1n) is 6.05. The fraction of sp³-hybridized carbons (Fsp3) is 0.455. The molecule has 0 radical (unpaired) electrons. The summed E-state index contributed by atoms with van der Waals surface area (Å²) in [5.41, 5.74) is -0.295. The van der Waals surface area contributed by atoms with Crippen LogP contribution in [0.1, 0.15) is 6.42 Å². The van der Waals surface area contributed by atoms with Gasteiger partial charge in [0.05, 0.1) is 26.5 Å². The number of imidazole rings is 1. The molecule has 0 spiro atoms. The predicted octanol–water partition coefficient (Wildman–Crippen LogP) is 0.337. The minimum atomic E-state index is -0.296. The highest BCUT2D eigenvalue weighted by Crippen LogP contribution is 2.27. The Kier molecular flexibility index (Phi) is 2.51. The molecule has 0 saturated carbocycles. The fourth-order valence-corrected chi connectivity index (χ4v) is 2.29. The molecule has 1 aliphatic rings. The molecule has 0 atom stereocenters. The number of hydrogen-bond donors (Lipinski definition) is 1. The van der Waals surface area contributed by atoms with Crippen LogP contribution in [-0.2, 0) is 27.2 Å². The third kappa shape index (κ3) is 1.67. The van der Waals surface area contributed by atoms with Gasteiger partial charge < -0.3 is 5.11 Å². The Morgan fingerprint density at radius 3 is 2.68 bits per heavy atom. The molecule has 8 heteroatoms. The number of aromatic nitrogens is 4. The lowest BCUT2D eigenvalue weighted by Gasteiger charge is -1.97. The summed E-state index contributed by atoms with van der Waals surface area (Å²) in [7, 11) is 3.67. The predicted molar refractivity (Wildman–Crippen MR) is 65.7 cm³/mol. The zero-order chi connectivity index (χ0) is 13.6. The molecule has 1 N–H and O–H groups in total. The number of aryl methyl sites for hydroxylation is 2. The van der Waals surface area contributed by atoms with E-state index in [1.165, 1.54) is 4.68 Å². The summed E-state index contributed by atoms with van der Waals surface area (Å²) in [5, 5.41) is 17.9. The van der Waals surface area contributed by atoms with Crippen LogP contribution in [0.5, 0.6) is 5.88 Å². The molecular formula is C11H15N6O2+. The van der Waals surface area contributed by atoms with E-state index in [0.717, 1.165) is 6.42 Å². The van der Waals surface area contributed by atoms with Crippen LogP contribution in [-0.4, -0.2) is 19.0 Å². The van der Waals surface area contributed by atoms with E-state index in [-0.39, 0.29) is 17.1 Å². The molecule has 100 valence electrons. The summed E-state index contributed by atoms with van der Waals surface area (Å²) in [6.07, 6.45) is 4.52. The molecule has 0 aromatic carbocycles. The van der Waals surface area contributed by atoms with Crippen molar-refractivity contribution in [2.24, 2.45) is 24.3 Å². The minimum Gasteiger partial charge on any atom is -0.492 e. The van der Waals surface area contributed by atoms with Crippen molar-refractivity contribution in [3.63, 3.8) is 0 Å². The molecule has 0 bridgehead atoms. The third-order valence-corrected chi connectivity index (χ3v) is 3.31. The lowest BCUT2D eigenvalue weighted by atomic mass is 10.4. The largest absolute Gasteiger partial charge is 0.492 e. The molecule has 1 aliphatic heterocycles. The number of aromatic hydroxyl groups is 1. The number of fused-ring (bicyclic) bond motifs is 1. The molecule has 0 saturated heterocycles. The summed E-state index contributed by atoms with van der Waals surface area (Å²) < 4.78 is 6.60. The smallest absolute Gasteiger partial charge is 0.421 e. The Labute approximate surface area is 108 Å². The van der Waals surface area contributed by atoms with Gasteiger partial charge in [0.1, 0.15) is 0 Å². The monoisotopic (exact) mass is 263 g/mol. The maximum atomic E-state index is 12.0. The Bertz CT molecular complexity index is 701. The summed E-state index contributed by atoms with van der Waals surface area (Å²) in [6, 6.07) is 0. The summed E-state index contributed by atoms with van der Waals surface area (Å²) in [5.74, 6) is 0.485. The molecule has 0 fully saturated rings. The van der Waals surface area contributed by atoms with E-state index in [2.05, 4.69) is 10.2 Å². The van der Waals surface area contributed by atoms with E-state index in [4.69, 9.17) is 0 Å². The summed E-state index contributed by atoms with van der Waals surface area (Å²) in [6.45, 7) is 1.24. The topological polar surface area (TPSA) is 80.7 Å². The van der Waals surface area contributed by atoms with Crippen molar-refractivity contribution in [3.05, 3.63) is 22.7 Å². The van der Waals surface area contributed by atoms with Crippen LogP contribution in [0.3, 0.4) is 0 Å². The highest BCUT2D eigenvalue weighted by Gasteiger charge is 2.24. The highest BCUT2D eigenvalue weighted by molar-refractivity contribution is 5.45. The van der Waals surface area contributed by atoms with Gasteiger partial charge in [-0.25, -0.2) is 18.5 Å². The van der Waals surface area contributed by atoms with Crippen LogP contribution in [0.25, 0.3) is 0 Å². The average molecular weight is 263 g/mol. The quantitative estimate of drug-likeness (QED) is 0.626. The Morgan fingerprint density at radius 2 is 2.05 bits per heavy atom. The molecule has 0 aliphatic carbocycles. The number of rotatable bonds is 2. The van der Waals surface area contributed by atoms with Crippen molar-refractivity contribution in [1.29, 1.82) is 0 Å². The molecule has 3 heterocycles. The lowest BCUT2D eigenvalue weighted by Crippen LogP contribution is -2.25. The first kappa shape index (κ1) is 11.7. The van der Waals surface area contributed by atoms with Gasteiger partial charge in [0.15, 0.2) is 0 Å². The zero-order valence-electron chi connectivity index (χ0n) is 10.8. The summed E-state index contributed by atoms with van der Waals surface area (Å²) >= 11 is 0. The minimum absolute atomic E-state index is 0.000833. The van der Waals surface area contributed by atoms with Gasteiger partial charge in [0, 0.05) is 18.2 Å². The van der Waals surface area contributed by atoms with Crippen molar-refractivity contribution in [2.75, 3.05) is 0 Å². The van der Waals surface area contributed by atoms with Crippen LogP contribution >= 0.6 is 0 Å². The second-order valence-corrected chi connectivity index (χ2v) is 4.60. The fourth-order valence-electron chi connectivity index (χ4n) is 2.29. The van der Waals surface area contributed by atoms with Crippen LogP contribution in [0.2, 0.25) is 0 Å². The van der Waals surface area contributed by atoms with Crippen LogP contribution < -0.4 is 10.1 Å². The van der Waals surface area contributed by atoms with Gasteiger partial charge in [0.2, 0.25) is 11.6 Å². The standard InChI is InChI=1S/C11H14N6O2/c1-14-6-7-15(2)11(14)13-12-8-9(18)16-4-3-5-17(16)10(8)19/h6-7H,3-5H2,1-2H3/p+1. The van der Waals surface area contributed by atoms with Crippen molar-refractivity contribution < 1.29 is 9.67 Å². The van der Waals surface area contributed by atoms with E-state index in [1.807, 2.05) is 26.5 Å². The number of hydrogen-bond acceptors (Lipinski definition) is 4. The Morgan fingerprint density at radius 1 is 1.32 bits per heavy atom. The van der Waals surface area contributed by atoms with Crippen molar-refractivity contribution >= 4 is 11.6 Å². The highest BCUT2D eigenvalue weighted by atomic mass is 16.3. The van der Waals surface area contributed by atoms with Crippen LogP contribution in [0.15, 0.2) is 27.4 Å². The molecule has 0 amide bonds. The lowest BCUT2D eigenvalue weighted by molar-refractivity contribution is -0.657. The second-order valence-electron chi connectivity index (χ2n) is 4.60. The third-order valence-electron chi connectivity index (χ3n) is 3.31. The van der Waals surface area contributed by atoms with Crippen LogP contribution in [0.4, 0.5) is 11.6 Å². The molecule has 0 unspecified atom stereocenters. The first-order chi connectivity index (χ1) is 9.09. The number of nitrogens with zero attached hydrogens (tertiary/aromatic N) is 6. The molecular weight excluding hydrogens is 248 g/mol. The Hall–Kier alpha value is -2.38. The van der Waals surface area contributed by atoms with Crippen molar-refractivity contribution in [1.82, 2.24) is 13.9 Å². The van der Waals surface area contributed by atoms with Gasteiger partial charge in [-0.1, -0.05) is 5.11 Å². The van der Waals surface area contributed by atoms with E-state index in [9.17, 15) is 9.90 Å². The molecule has 2 aromatic rings. The van der Waals surface area contributed by atoms with Gasteiger partial charge in [-0.3, -0.25) is 4.79 Å². The van der Waals surface area contributed by atoms with E-state index < -0.39 is 0 Å². The van der Waals surface area contributed by atoms with Gasteiger partial charge in [0.25, 0.3) is 5.56 Å². The normalized spacial score (nSPS) is 14.4. The summed E-state index contributed by atoms with van der Waals surface area (Å²) in [4.78, 5) is 12.0. The maximum absolute atomic E-state index is 12.0. The SMILES string of the molecule is Cn1cc[n+](C)c1/N=N/c1c(O)n2n(c1=O)CCC2.